The number of hydrogen-bond acceptors (Lipinski definition) is 1. The SMILES string of the molecule is CC1CCC(C(=O)C2CCc3ccccc3C2)CC1C. The van der Waals surface area contributed by atoms with Gasteiger partial charge in [-0.2, -0.15) is 0 Å². The first-order valence-electron chi connectivity index (χ1n) is 8.25. The minimum atomic E-state index is 0.288. The standard InChI is InChI=1S/C19H26O/c1-13-7-8-17(11-14(13)2)19(20)18-10-9-15-5-3-4-6-16(15)12-18/h3-6,13-14,17-18H,7-12H2,1-2H3. The van der Waals surface area contributed by atoms with Crippen LogP contribution in [-0.4, -0.2) is 5.78 Å². The lowest BCUT2D eigenvalue weighted by Crippen LogP contribution is -2.33. The lowest BCUT2D eigenvalue weighted by Gasteiger charge is -2.34. The second kappa shape index (κ2) is 5.71. The first kappa shape index (κ1) is 13.9. The van der Waals surface area contributed by atoms with Crippen LogP contribution < -0.4 is 0 Å². The smallest absolute Gasteiger partial charge is 0.139 e. The van der Waals surface area contributed by atoms with Crippen molar-refractivity contribution in [1.29, 1.82) is 0 Å². The van der Waals surface area contributed by atoms with Crippen LogP contribution in [0, 0.1) is 23.7 Å². The molecule has 0 aliphatic heterocycles. The maximum atomic E-state index is 12.8. The lowest BCUT2D eigenvalue weighted by atomic mass is 9.70. The number of ketones is 1. The molecular formula is C19H26O. The van der Waals surface area contributed by atoms with E-state index in [1.54, 1.807) is 0 Å². The third-order valence-corrected chi connectivity index (χ3v) is 5.75. The Balaban J connectivity index is 1.67. The highest BCUT2D eigenvalue weighted by molar-refractivity contribution is 5.84. The van der Waals surface area contributed by atoms with E-state index in [4.69, 9.17) is 0 Å². The highest BCUT2D eigenvalue weighted by atomic mass is 16.1. The van der Waals surface area contributed by atoms with Crippen molar-refractivity contribution < 1.29 is 4.79 Å². The average molecular weight is 270 g/mol. The van der Waals surface area contributed by atoms with Crippen LogP contribution in [0.2, 0.25) is 0 Å². The van der Waals surface area contributed by atoms with Crippen LogP contribution in [0.1, 0.15) is 50.7 Å². The molecular weight excluding hydrogens is 244 g/mol. The summed E-state index contributed by atoms with van der Waals surface area (Å²) >= 11 is 0. The van der Waals surface area contributed by atoms with Gasteiger partial charge in [0.25, 0.3) is 0 Å². The number of carbonyl (C=O) groups is 1. The molecule has 1 aromatic rings. The molecule has 2 aliphatic carbocycles. The van der Waals surface area contributed by atoms with E-state index in [-0.39, 0.29) is 5.92 Å². The summed E-state index contributed by atoms with van der Waals surface area (Å²) in [5.41, 5.74) is 2.87. The Morgan fingerprint density at radius 2 is 1.70 bits per heavy atom. The molecule has 0 heterocycles. The molecule has 0 bridgehead atoms. The van der Waals surface area contributed by atoms with Gasteiger partial charge in [0.1, 0.15) is 5.78 Å². The summed E-state index contributed by atoms with van der Waals surface area (Å²) in [7, 11) is 0. The molecule has 0 aromatic heterocycles. The van der Waals surface area contributed by atoms with Gasteiger partial charge in [-0.15, -0.1) is 0 Å². The Kier molecular flexibility index (Phi) is 3.96. The Labute approximate surface area is 122 Å². The van der Waals surface area contributed by atoms with Crippen LogP contribution in [0.4, 0.5) is 0 Å². The van der Waals surface area contributed by atoms with Gasteiger partial charge in [0.15, 0.2) is 0 Å². The van der Waals surface area contributed by atoms with Crippen molar-refractivity contribution in [3.8, 4) is 0 Å². The third kappa shape index (κ3) is 2.68. The lowest BCUT2D eigenvalue weighted by molar-refractivity contribution is -0.129. The summed E-state index contributed by atoms with van der Waals surface area (Å²) in [6.45, 7) is 4.66. The van der Waals surface area contributed by atoms with Gasteiger partial charge >= 0.3 is 0 Å². The van der Waals surface area contributed by atoms with E-state index in [1.807, 2.05) is 0 Å². The van der Waals surface area contributed by atoms with Gasteiger partial charge in [0.05, 0.1) is 0 Å². The van der Waals surface area contributed by atoms with Crippen LogP contribution in [0.15, 0.2) is 24.3 Å². The molecule has 4 atom stereocenters. The van der Waals surface area contributed by atoms with Crippen molar-refractivity contribution in [2.75, 3.05) is 0 Å². The van der Waals surface area contributed by atoms with Crippen LogP contribution in [-0.2, 0) is 17.6 Å². The molecule has 1 fully saturated rings. The fourth-order valence-corrected chi connectivity index (χ4v) is 4.08. The highest BCUT2D eigenvalue weighted by Crippen LogP contribution is 2.37. The summed E-state index contributed by atoms with van der Waals surface area (Å²) in [5, 5.41) is 0. The molecule has 4 unspecified atom stereocenters. The second-order valence-corrected chi connectivity index (χ2v) is 7.08. The van der Waals surface area contributed by atoms with Crippen molar-refractivity contribution >= 4 is 5.78 Å². The maximum Gasteiger partial charge on any atom is 0.139 e. The third-order valence-electron chi connectivity index (χ3n) is 5.75. The normalized spacial score (nSPS) is 33.5. The van der Waals surface area contributed by atoms with Gasteiger partial charge in [0, 0.05) is 11.8 Å². The molecule has 1 heteroatoms. The molecule has 0 N–H and O–H groups in total. The summed E-state index contributed by atoms with van der Waals surface area (Å²) in [6, 6.07) is 8.65. The molecule has 1 nitrogen and oxygen atoms in total. The fraction of sp³-hybridized carbons (Fsp3) is 0.632. The van der Waals surface area contributed by atoms with Crippen LogP contribution in [0.5, 0.6) is 0 Å². The van der Waals surface area contributed by atoms with Gasteiger partial charge in [0.2, 0.25) is 0 Å². The first-order valence-corrected chi connectivity index (χ1v) is 8.25. The van der Waals surface area contributed by atoms with E-state index < -0.39 is 0 Å². The van der Waals surface area contributed by atoms with Gasteiger partial charge in [-0.25, -0.2) is 0 Å². The van der Waals surface area contributed by atoms with Crippen molar-refractivity contribution in [2.24, 2.45) is 23.7 Å². The zero-order chi connectivity index (χ0) is 14.1. The molecule has 1 aromatic carbocycles. The van der Waals surface area contributed by atoms with Crippen LogP contribution in [0.25, 0.3) is 0 Å². The van der Waals surface area contributed by atoms with Crippen molar-refractivity contribution in [2.45, 2.75) is 52.4 Å². The molecule has 2 aliphatic rings. The van der Waals surface area contributed by atoms with E-state index in [0.29, 0.717) is 17.6 Å². The summed E-state index contributed by atoms with van der Waals surface area (Å²) in [4.78, 5) is 12.8. The Morgan fingerprint density at radius 1 is 0.950 bits per heavy atom. The molecule has 0 radical (unpaired) electrons. The Hall–Kier alpha value is -1.11. The number of hydrogen-bond donors (Lipinski definition) is 0. The predicted molar refractivity (Wildman–Crippen MR) is 82.6 cm³/mol. The molecule has 1 saturated carbocycles. The van der Waals surface area contributed by atoms with Crippen LogP contribution >= 0.6 is 0 Å². The van der Waals surface area contributed by atoms with E-state index in [1.165, 1.54) is 17.5 Å². The van der Waals surface area contributed by atoms with Gasteiger partial charge in [-0.3, -0.25) is 4.79 Å². The average Bonchev–Trinajstić information content (AvgIpc) is 2.49. The number of rotatable bonds is 2. The van der Waals surface area contributed by atoms with Crippen molar-refractivity contribution in [1.82, 2.24) is 0 Å². The van der Waals surface area contributed by atoms with E-state index in [0.717, 1.165) is 38.0 Å². The van der Waals surface area contributed by atoms with E-state index in [2.05, 4.69) is 38.1 Å². The molecule has 0 amide bonds. The molecule has 20 heavy (non-hydrogen) atoms. The predicted octanol–water partition coefficient (Wildman–Crippen LogP) is 4.43. The van der Waals surface area contributed by atoms with Crippen LogP contribution in [0.3, 0.4) is 0 Å². The molecule has 0 saturated heterocycles. The molecule has 3 rings (SSSR count). The van der Waals surface area contributed by atoms with E-state index in [9.17, 15) is 4.79 Å². The highest BCUT2D eigenvalue weighted by Gasteiger charge is 2.34. The van der Waals surface area contributed by atoms with E-state index >= 15 is 0 Å². The number of Topliss-reactive ketones (excluding diaryl/α,β-unsaturated/α-hetero) is 1. The largest absolute Gasteiger partial charge is 0.299 e. The number of aryl methyl sites for hydroxylation is 1. The summed E-state index contributed by atoms with van der Waals surface area (Å²) in [6.07, 6.45) is 6.62. The van der Waals surface area contributed by atoms with Crippen molar-refractivity contribution in [3.05, 3.63) is 35.4 Å². The maximum absolute atomic E-state index is 12.8. The minimum Gasteiger partial charge on any atom is -0.299 e. The Bertz CT molecular complexity index is 490. The number of fused-ring (bicyclic) bond motifs is 1. The minimum absolute atomic E-state index is 0.288. The molecule has 108 valence electrons. The monoisotopic (exact) mass is 270 g/mol. The Morgan fingerprint density at radius 3 is 2.45 bits per heavy atom. The summed E-state index contributed by atoms with van der Waals surface area (Å²) < 4.78 is 0. The summed E-state index contributed by atoms with van der Waals surface area (Å²) in [5.74, 6) is 2.71. The number of carbonyl (C=O) groups excluding carboxylic acids is 1. The molecule has 0 spiro atoms. The number of benzene rings is 1. The van der Waals surface area contributed by atoms with Gasteiger partial charge in [-0.05, 0) is 61.5 Å². The topological polar surface area (TPSA) is 17.1 Å². The van der Waals surface area contributed by atoms with Crippen molar-refractivity contribution in [3.63, 3.8) is 0 Å². The first-order chi connectivity index (χ1) is 9.65. The van der Waals surface area contributed by atoms with Gasteiger partial charge < -0.3 is 0 Å². The zero-order valence-electron chi connectivity index (χ0n) is 12.8. The zero-order valence-corrected chi connectivity index (χ0v) is 12.8. The van der Waals surface area contributed by atoms with Gasteiger partial charge in [-0.1, -0.05) is 38.1 Å². The quantitative estimate of drug-likeness (QED) is 0.777. The second-order valence-electron chi connectivity index (χ2n) is 7.08. The fourth-order valence-electron chi connectivity index (χ4n) is 4.08.